The Hall–Kier alpha value is -0.670. The van der Waals surface area contributed by atoms with Crippen molar-refractivity contribution >= 4 is 5.78 Å². The molecule has 3 heteroatoms. The zero-order valence-electron chi connectivity index (χ0n) is 14.6. The van der Waals surface area contributed by atoms with Crippen molar-refractivity contribution in [1.82, 2.24) is 0 Å². The molecule has 1 unspecified atom stereocenters. The lowest BCUT2D eigenvalue weighted by Gasteiger charge is -2.59. The zero-order chi connectivity index (χ0) is 16.6. The van der Waals surface area contributed by atoms with Gasteiger partial charge in [-0.3, -0.25) is 4.79 Å². The van der Waals surface area contributed by atoms with Crippen LogP contribution < -0.4 is 0 Å². The molecule has 0 bridgehead atoms. The van der Waals surface area contributed by atoms with Crippen LogP contribution in [0.2, 0.25) is 0 Å². The lowest BCUT2D eigenvalue weighted by molar-refractivity contribution is -0.174. The molecule has 0 spiro atoms. The zero-order valence-corrected chi connectivity index (χ0v) is 14.6. The van der Waals surface area contributed by atoms with E-state index < -0.39 is 6.10 Å². The van der Waals surface area contributed by atoms with Gasteiger partial charge >= 0.3 is 0 Å². The maximum atomic E-state index is 12.4. The second-order valence-corrected chi connectivity index (χ2v) is 8.15. The van der Waals surface area contributed by atoms with Gasteiger partial charge in [0.2, 0.25) is 0 Å². The molecule has 0 saturated heterocycles. The highest BCUT2D eigenvalue weighted by molar-refractivity contribution is 5.94. The van der Waals surface area contributed by atoms with Crippen molar-refractivity contribution < 1.29 is 15.0 Å². The van der Waals surface area contributed by atoms with Crippen molar-refractivity contribution in [2.75, 3.05) is 0 Å². The van der Waals surface area contributed by atoms with Gasteiger partial charge in [0.15, 0.2) is 0 Å². The molecular weight excluding hydrogens is 288 g/mol. The summed E-state index contributed by atoms with van der Waals surface area (Å²) in [7, 11) is 0. The summed E-state index contributed by atoms with van der Waals surface area (Å²) in [6.45, 7) is 4.11. The van der Waals surface area contributed by atoms with Crippen LogP contribution in [0, 0.1) is 29.1 Å². The van der Waals surface area contributed by atoms with Gasteiger partial charge < -0.3 is 10.2 Å². The van der Waals surface area contributed by atoms with Crippen LogP contribution in [0.25, 0.3) is 0 Å². The third kappa shape index (κ3) is 2.80. The molecule has 0 aromatic rings. The molecule has 0 amide bonds. The molecule has 0 radical (unpaired) electrons. The Morgan fingerprint density at radius 1 is 1.26 bits per heavy atom. The molecule has 0 aromatic carbocycles. The van der Waals surface area contributed by atoms with Crippen LogP contribution in [0.3, 0.4) is 0 Å². The fourth-order valence-corrected chi connectivity index (χ4v) is 5.70. The van der Waals surface area contributed by atoms with E-state index in [2.05, 4.69) is 6.92 Å². The summed E-state index contributed by atoms with van der Waals surface area (Å²) in [4.78, 5) is 12.4. The third-order valence-electron chi connectivity index (χ3n) is 7.12. The highest BCUT2D eigenvalue weighted by atomic mass is 16.3. The number of Topliss-reactive ketones (excluding diaryl/α,β-unsaturated/α-hetero) is 1. The summed E-state index contributed by atoms with van der Waals surface area (Å²) in [5.74, 6) is 1.08. The fourth-order valence-electron chi connectivity index (χ4n) is 5.70. The first-order chi connectivity index (χ1) is 11.0. The van der Waals surface area contributed by atoms with Crippen LogP contribution in [0.1, 0.15) is 65.2 Å². The van der Waals surface area contributed by atoms with Gasteiger partial charge in [-0.2, -0.15) is 0 Å². The van der Waals surface area contributed by atoms with Crippen LogP contribution in [0.15, 0.2) is 12.2 Å². The summed E-state index contributed by atoms with van der Waals surface area (Å²) >= 11 is 0. The first kappa shape index (κ1) is 17.2. The predicted molar refractivity (Wildman–Crippen MR) is 90.8 cm³/mol. The van der Waals surface area contributed by atoms with Gasteiger partial charge in [-0.1, -0.05) is 45.3 Å². The number of fused-ring (bicyclic) bond motifs is 1. The number of hydrogen-bond donors (Lipinski definition) is 2. The van der Waals surface area contributed by atoms with Gasteiger partial charge in [0.25, 0.3) is 0 Å². The number of hydrogen-bond acceptors (Lipinski definition) is 3. The van der Waals surface area contributed by atoms with E-state index in [0.717, 1.165) is 25.7 Å². The average molecular weight is 320 g/mol. The molecule has 3 aliphatic carbocycles. The third-order valence-corrected chi connectivity index (χ3v) is 7.12. The first-order valence-corrected chi connectivity index (χ1v) is 9.60. The molecule has 3 nitrogen and oxygen atoms in total. The molecule has 0 heterocycles. The maximum Gasteiger partial charge on any atom is 0.142 e. The molecular formula is C20H32O3. The van der Waals surface area contributed by atoms with Gasteiger partial charge in [0.1, 0.15) is 5.78 Å². The summed E-state index contributed by atoms with van der Waals surface area (Å²) in [5, 5.41) is 20.9. The van der Waals surface area contributed by atoms with E-state index in [1.807, 2.05) is 19.1 Å². The van der Waals surface area contributed by atoms with E-state index in [4.69, 9.17) is 0 Å². The summed E-state index contributed by atoms with van der Waals surface area (Å²) in [5.41, 5.74) is -0.205. The Balaban J connectivity index is 1.72. The van der Waals surface area contributed by atoms with Gasteiger partial charge in [-0.15, -0.1) is 0 Å². The minimum Gasteiger partial charge on any atom is -0.393 e. The smallest absolute Gasteiger partial charge is 0.142 e. The molecule has 2 N–H and O–H groups in total. The maximum absolute atomic E-state index is 12.4. The fraction of sp³-hybridized carbons (Fsp3) is 0.850. The van der Waals surface area contributed by atoms with E-state index in [9.17, 15) is 15.0 Å². The van der Waals surface area contributed by atoms with Crippen LogP contribution in [0.5, 0.6) is 0 Å². The van der Waals surface area contributed by atoms with Crippen molar-refractivity contribution in [3.63, 3.8) is 0 Å². The minimum absolute atomic E-state index is 0.0228. The average Bonchev–Trinajstić information content (AvgIpc) is 2.60. The van der Waals surface area contributed by atoms with Gasteiger partial charge in [0, 0.05) is 17.3 Å². The predicted octanol–water partition coefficient (Wildman–Crippen LogP) is 3.49. The van der Waals surface area contributed by atoms with Crippen LogP contribution in [-0.4, -0.2) is 28.2 Å². The molecule has 0 aliphatic heterocycles. The number of ketones is 1. The minimum atomic E-state index is -0.397. The number of carbonyl (C=O) groups is 1. The van der Waals surface area contributed by atoms with Gasteiger partial charge in [-0.05, 0) is 43.9 Å². The quantitative estimate of drug-likeness (QED) is 0.780. The van der Waals surface area contributed by atoms with Crippen molar-refractivity contribution in [2.45, 2.75) is 77.4 Å². The topological polar surface area (TPSA) is 57.5 Å². The van der Waals surface area contributed by atoms with Crippen LogP contribution >= 0.6 is 0 Å². The Morgan fingerprint density at radius 3 is 2.61 bits per heavy atom. The number of aliphatic hydroxyl groups excluding tert-OH is 2. The van der Waals surface area contributed by atoms with Crippen molar-refractivity contribution in [3.8, 4) is 0 Å². The standard InChI is InChI=1S/C20H32O3/c1-3-20-12-11-17(22)15(18(20)13(2)19(20)23)9-10-16(21)14-7-5-4-6-8-14/h9-10,13-18,21-22H,3-8,11-12H2,1-2H3/b10-9+/t13?,15-,16-,17+,18+,20-/m1/s1. The van der Waals surface area contributed by atoms with Gasteiger partial charge in [-0.25, -0.2) is 0 Å². The van der Waals surface area contributed by atoms with Gasteiger partial charge in [0.05, 0.1) is 12.2 Å². The normalized spacial score (nSPS) is 43.2. The largest absolute Gasteiger partial charge is 0.393 e. The molecule has 0 aromatic heterocycles. The Labute approximate surface area is 140 Å². The molecule has 3 saturated carbocycles. The Morgan fingerprint density at radius 2 is 1.96 bits per heavy atom. The lowest BCUT2D eigenvalue weighted by Crippen LogP contribution is -2.63. The monoisotopic (exact) mass is 320 g/mol. The number of rotatable bonds is 4. The second kappa shape index (κ2) is 6.68. The SMILES string of the molecule is CC[C@@]12CC[C@H](O)[C@@H](/C=C/[C@@H](O)C3CCCCC3)[C@@H]1C(C)C2=O. The van der Waals surface area contributed by atoms with E-state index in [1.54, 1.807) is 0 Å². The van der Waals surface area contributed by atoms with Crippen LogP contribution in [-0.2, 0) is 4.79 Å². The van der Waals surface area contributed by atoms with Crippen molar-refractivity contribution in [3.05, 3.63) is 12.2 Å². The summed E-state index contributed by atoms with van der Waals surface area (Å²) in [6.07, 6.45) is 11.5. The van der Waals surface area contributed by atoms with Crippen molar-refractivity contribution in [1.29, 1.82) is 0 Å². The molecule has 3 rings (SSSR count). The number of carbonyl (C=O) groups excluding carboxylic acids is 1. The summed E-state index contributed by atoms with van der Waals surface area (Å²) in [6, 6.07) is 0. The molecule has 3 fully saturated rings. The lowest BCUT2D eigenvalue weighted by atomic mass is 9.43. The molecule has 130 valence electrons. The Bertz CT molecular complexity index is 466. The Kier molecular flexibility index (Phi) is 4.98. The molecule has 6 atom stereocenters. The van der Waals surface area contributed by atoms with E-state index >= 15 is 0 Å². The number of aliphatic hydroxyl groups is 2. The highest BCUT2D eigenvalue weighted by Crippen LogP contribution is 2.60. The van der Waals surface area contributed by atoms with Crippen molar-refractivity contribution in [2.24, 2.45) is 29.1 Å². The van der Waals surface area contributed by atoms with E-state index in [1.165, 1.54) is 19.3 Å². The van der Waals surface area contributed by atoms with E-state index in [0.29, 0.717) is 18.1 Å². The molecule has 3 aliphatic rings. The van der Waals surface area contributed by atoms with E-state index in [-0.39, 0.29) is 29.3 Å². The first-order valence-electron chi connectivity index (χ1n) is 9.60. The second-order valence-electron chi connectivity index (χ2n) is 8.15. The summed E-state index contributed by atoms with van der Waals surface area (Å²) < 4.78 is 0. The highest BCUT2D eigenvalue weighted by Gasteiger charge is 2.63. The molecule has 23 heavy (non-hydrogen) atoms. The van der Waals surface area contributed by atoms with Crippen LogP contribution in [0.4, 0.5) is 0 Å².